The summed E-state index contributed by atoms with van der Waals surface area (Å²) in [5.74, 6) is 3.53. The Labute approximate surface area is 673 Å². The summed E-state index contributed by atoms with van der Waals surface area (Å²) >= 11 is 1.62. The third kappa shape index (κ3) is 18.9. The van der Waals surface area contributed by atoms with Crippen LogP contribution in [0, 0.1) is 79.7 Å². The molecule has 0 saturated heterocycles. The van der Waals surface area contributed by atoms with Crippen LogP contribution in [0.15, 0.2) is 282 Å². The molecule has 105 heavy (non-hydrogen) atoms. The third-order valence-corrected chi connectivity index (χ3v) is 18.5. The number of benzene rings is 12. The Hall–Kier alpha value is -9.71. The minimum atomic E-state index is 0. The van der Waals surface area contributed by atoms with Gasteiger partial charge in [-0.1, -0.05) is 175 Å². The molecule has 15 heteroatoms. The van der Waals surface area contributed by atoms with Gasteiger partial charge in [0.2, 0.25) is 5.89 Å². The summed E-state index contributed by atoms with van der Waals surface area (Å²) in [4.78, 5) is 0. The van der Waals surface area contributed by atoms with Crippen molar-refractivity contribution in [2.75, 3.05) is 0 Å². The van der Waals surface area contributed by atoms with Gasteiger partial charge in [-0.25, -0.2) is 0 Å². The molecule has 0 atom stereocenters. The number of aryl methyl sites for hydroxylation is 8. The molecule has 0 unspecified atom stereocenters. The van der Waals surface area contributed by atoms with Crippen LogP contribution in [0.3, 0.4) is 0 Å². The molecule has 4 radical (unpaired) electrons. The molecule has 0 aliphatic carbocycles. The summed E-state index contributed by atoms with van der Waals surface area (Å²) in [6, 6.07) is 105. The second-order valence-corrected chi connectivity index (χ2v) is 25.8. The molecule has 530 valence electrons. The van der Waals surface area contributed by atoms with Crippen molar-refractivity contribution in [3.63, 3.8) is 0 Å². The standard InChI is InChI=1S/C23H20N3.C23H18NO.C22H17N2O.C22H17N2S.4Ir/c1-16-14-20(18-10-6-4-7-11-18)15-17(2)21(16)23-25-24-22(26(23)3)19-12-8-5-9-13-19;1-16-13-20(18-9-5-3-6-10-18)14-17(2)23(16)22-15-21(24-25-22)19-11-7-4-8-12-19;2*1-15-13-19(17-9-5-3-6-10-17)14-16(2)20(15)22-24-23-21(25-22)18-11-7-4-8-12-18;;;;/h4-12,14-15H,1-3H3;3-11,13-15H,1-2H3;2*3-11,13-14H,1-2H3;;;;/q4*-1;;;;. The topological polar surface area (TPSA) is 121 Å². The summed E-state index contributed by atoms with van der Waals surface area (Å²) in [5.41, 5.74) is 28.1. The maximum Gasteiger partial charge on any atom is 0.238 e. The van der Waals surface area contributed by atoms with Gasteiger partial charge in [0.05, 0.1) is 10.8 Å². The smallest absolute Gasteiger partial charge is 0.238 e. The summed E-state index contributed by atoms with van der Waals surface area (Å²) in [5, 5.41) is 32.2. The van der Waals surface area contributed by atoms with Crippen LogP contribution in [0.5, 0.6) is 0 Å². The van der Waals surface area contributed by atoms with Gasteiger partial charge in [-0.15, -0.1) is 170 Å². The monoisotopic (exact) mass is 2100 g/mol. The van der Waals surface area contributed by atoms with Gasteiger partial charge in [0.15, 0.2) is 17.5 Å². The average Bonchev–Trinajstić information content (AvgIpc) is 1.71. The first-order chi connectivity index (χ1) is 49.3. The third-order valence-electron chi connectivity index (χ3n) is 17.5. The number of hydrogen-bond donors (Lipinski definition) is 0. The average molecular weight is 2100 g/mol. The minimum absolute atomic E-state index is 0. The van der Waals surface area contributed by atoms with E-state index in [9.17, 15) is 0 Å². The van der Waals surface area contributed by atoms with E-state index in [4.69, 9.17) is 8.94 Å². The summed E-state index contributed by atoms with van der Waals surface area (Å²) in [6.07, 6.45) is 0. The second kappa shape index (κ2) is 37.3. The van der Waals surface area contributed by atoms with Gasteiger partial charge in [0, 0.05) is 115 Å². The first-order valence-electron chi connectivity index (χ1n) is 33.4. The predicted molar refractivity (Wildman–Crippen MR) is 410 cm³/mol. The molecule has 0 aliphatic rings. The molecular formula is C90H72Ir4N8O2S-4. The molecule has 16 rings (SSSR count). The van der Waals surface area contributed by atoms with Crippen molar-refractivity contribution in [2.45, 2.75) is 55.4 Å². The quantitative estimate of drug-likeness (QED) is 0.110. The molecule has 0 aliphatic heterocycles. The van der Waals surface area contributed by atoms with Crippen molar-refractivity contribution in [3.05, 3.63) is 342 Å². The van der Waals surface area contributed by atoms with Crippen LogP contribution in [0.25, 0.3) is 134 Å². The maximum atomic E-state index is 5.91. The Kier molecular flexibility index (Phi) is 28.2. The fraction of sp³-hybridized carbons (Fsp3) is 0.100. The molecular weight excluding hydrogens is 2030 g/mol. The van der Waals surface area contributed by atoms with E-state index in [1.807, 2.05) is 139 Å². The van der Waals surface area contributed by atoms with Crippen LogP contribution in [-0.4, -0.2) is 40.3 Å². The van der Waals surface area contributed by atoms with E-state index in [0.29, 0.717) is 11.8 Å². The summed E-state index contributed by atoms with van der Waals surface area (Å²) < 4.78 is 13.6. The van der Waals surface area contributed by atoms with Crippen molar-refractivity contribution < 1.29 is 89.4 Å². The Morgan fingerprint density at radius 3 is 1.06 bits per heavy atom. The van der Waals surface area contributed by atoms with Crippen LogP contribution in [0.2, 0.25) is 0 Å². The van der Waals surface area contributed by atoms with Gasteiger partial charge < -0.3 is 13.5 Å². The Morgan fingerprint density at radius 2 is 0.638 bits per heavy atom. The van der Waals surface area contributed by atoms with Crippen molar-refractivity contribution in [2.24, 2.45) is 7.05 Å². The van der Waals surface area contributed by atoms with Crippen molar-refractivity contribution in [1.29, 1.82) is 0 Å². The molecule has 12 aromatic carbocycles. The van der Waals surface area contributed by atoms with E-state index in [1.165, 1.54) is 83.5 Å². The van der Waals surface area contributed by atoms with Crippen LogP contribution in [0.1, 0.15) is 44.5 Å². The number of nitrogens with zero attached hydrogens (tertiary/aromatic N) is 8. The molecule has 10 nitrogen and oxygen atoms in total. The summed E-state index contributed by atoms with van der Waals surface area (Å²) in [7, 11) is 2.01. The number of hydrogen-bond acceptors (Lipinski definition) is 10. The molecule has 0 saturated carbocycles. The first-order valence-corrected chi connectivity index (χ1v) is 34.2. The zero-order valence-electron chi connectivity index (χ0n) is 59.1. The zero-order valence-corrected chi connectivity index (χ0v) is 69.5. The molecule has 4 heterocycles. The van der Waals surface area contributed by atoms with E-state index in [1.54, 1.807) is 11.3 Å². The zero-order chi connectivity index (χ0) is 69.8. The van der Waals surface area contributed by atoms with E-state index in [0.717, 1.165) is 83.2 Å². The molecule has 0 fully saturated rings. The Balaban J connectivity index is 0.000000160. The number of rotatable bonds is 12. The fourth-order valence-electron chi connectivity index (χ4n) is 12.8. The van der Waals surface area contributed by atoms with Gasteiger partial charge in [0.1, 0.15) is 5.01 Å². The van der Waals surface area contributed by atoms with Crippen molar-refractivity contribution in [3.8, 4) is 134 Å². The molecule has 0 amide bonds. The van der Waals surface area contributed by atoms with E-state index in [-0.39, 0.29) is 80.4 Å². The molecule has 4 aromatic heterocycles. The van der Waals surface area contributed by atoms with E-state index < -0.39 is 0 Å². The van der Waals surface area contributed by atoms with Crippen molar-refractivity contribution >= 4 is 11.3 Å². The van der Waals surface area contributed by atoms with Gasteiger partial charge in [-0.2, -0.15) is 15.3 Å². The maximum absolute atomic E-state index is 5.91. The van der Waals surface area contributed by atoms with Crippen molar-refractivity contribution in [1.82, 2.24) is 40.3 Å². The van der Waals surface area contributed by atoms with Gasteiger partial charge in [-0.3, -0.25) is 0 Å². The van der Waals surface area contributed by atoms with E-state index >= 15 is 0 Å². The Morgan fingerprint density at radius 1 is 0.295 bits per heavy atom. The predicted octanol–water partition coefficient (Wildman–Crippen LogP) is 22.8. The molecule has 0 bridgehead atoms. The molecule has 16 aromatic rings. The minimum Gasteiger partial charge on any atom is -0.464 e. The fourth-order valence-corrected chi connectivity index (χ4v) is 13.8. The van der Waals surface area contributed by atoms with Gasteiger partial charge in [0.25, 0.3) is 0 Å². The SMILES string of the molecule is Cc1cc(-c2ccccc2)cc(C)c1-c1cc(-c2[c-]cccc2)no1.Cc1cc(-c2ccccc2)cc(C)c1-c1nnc(-c2[c-]cccc2)n1C.Cc1cc(-c2ccccc2)cc(C)c1-c1nnc(-c2[c-]cccc2)o1.Cc1cc(-c2ccccc2)cc(C)c1-c1nnc(-c2[c-]cccc2)s1.[Ir].[Ir].[Ir].[Ir]. The van der Waals surface area contributed by atoms with E-state index in [2.05, 4.69) is 261 Å². The first kappa shape index (κ1) is 79.4. The molecule has 0 spiro atoms. The molecule has 0 N–H and O–H groups in total. The van der Waals surface area contributed by atoms with Crippen LogP contribution in [-0.2, 0) is 87.5 Å². The summed E-state index contributed by atoms with van der Waals surface area (Å²) in [6.45, 7) is 16.9. The number of aromatic nitrogens is 8. The van der Waals surface area contributed by atoms with Gasteiger partial charge in [-0.05, 0) is 150 Å². The Bertz CT molecular complexity index is 4960. The normalized spacial score (nSPS) is 10.4. The van der Waals surface area contributed by atoms with Crippen LogP contribution >= 0.6 is 11.3 Å². The van der Waals surface area contributed by atoms with Crippen LogP contribution in [0.4, 0.5) is 0 Å². The van der Waals surface area contributed by atoms with Gasteiger partial charge >= 0.3 is 0 Å². The largest absolute Gasteiger partial charge is 0.464 e. The second-order valence-electron chi connectivity index (χ2n) is 24.8. The van der Waals surface area contributed by atoms with Crippen LogP contribution < -0.4 is 0 Å².